The Hall–Kier alpha value is -1.09. The summed E-state index contributed by atoms with van der Waals surface area (Å²) >= 11 is 1.44. The molecule has 1 aromatic heterocycles. The maximum absolute atomic E-state index is 12.2. The predicted octanol–water partition coefficient (Wildman–Crippen LogP) is 0.960. The number of nitrogens with one attached hydrogen (secondary N) is 1. The van der Waals surface area contributed by atoms with Crippen LogP contribution in [0, 0.1) is 0 Å². The number of aromatic nitrogens is 2. The Kier molecular flexibility index (Phi) is 6.15. The molecule has 2 N–H and O–H groups in total. The third kappa shape index (κ3) is 4.50. The van der Waals surface area contributed by atoms with E-state index in [9.17, 15) is 9.90 Å². The number of nitrogens with zero attached hydrogens (tertiary/aromatic N) is 4. The number of piperidine rings is 1. The van der Waals surface area contributed by atoms with Gasteiger partial charge in [-0.25, -0.2) is 0 Å². The molecule has 1 aromatic rings. The Bertz CT molecular complexity index is 546. The van der Waals surface area contributed by atoms with Gasteiger partial charge in [-0.1, -0.05) is 24.7 Å². The molecule has 2 atom stereocenters. The summed E-state index contributed by atoms with van der Waals surface area (Å²) in [7, 11) is 0. The molecule has 0 radical (unpaired) electrons. The van der Waals surface area contributed by atoms with Gasteiger partial charge in [0.25, 0.3) is 0 Å². The molecule has 0 bridgehead atoms. The first-order valence-electron chi connectivity index (χ1n) is 8.92. The van der Waals surface area contributed by atoms with E-state index in [0.29, 0.717) is 18.2 Å². The first-order chi connectivity index (χ1) is 11.7. The Morgan fingerprint density at radius 2 is 2.08 bits per heavy atom. The zero-order valence-corrected chi connectivity index (χ0v) is 15.1. The van der Waals surface area contributed by atoms with Crippen molar-refractivity contribution in [2.24, 2.45) is 0 Å². The fourth-order valence-electron chi connectivity index (χ4n) is 3.57. The van der Waals surface area contributed by atoms with Crippen LogP contribution in [0.15, 0.2) is 0 Å². The van der Waals surface area contributed by atoms with Crippen LogP contribution in [0.2, 0.25) is 0 Å². The van der Waals surface area contributed by atoms with Gasteiger partial charge in [-0.3, -0.25) is 19.9 Å². The van der Waals surface area contributed by atoms with Gasteiger partial charge in [0.05, 0.1) is 12.6 Å². The molecule has 2 aliphatic rings. The second kappa shape index (κ2) is 8.33. The molecule has 134 valence electrons. The Labute approximate surface area is 147 Å². The number of likely N-dealkylation sites (tertiary alicyclic amines) is 2. The third-order valence-corrected chi connectivity index (χ3v) is 5.64. The number of rotatable bonds is 6. The number of carbonyl (C=O) groups is 1. The van der Waals surface area contributed by atoms with Crippen LogP contribution in [0.4, 0.5) is 5.13 Å². The molecule has 1 amide bonds. The van der Waals surface area contributed by atoms with Gasteiger partial charge in [-0.15, -0.1) is 10.2 Å². The molecule has 2 fully saturated rings. The van der Waals surface area contributed by atoms with Crippen molar-refractivity contribution < 1.29 is 9.90 Å². The summed E-state index contributed by atoms with van der Waals surface area (Å²) in [5.41, 5.74) is 0. The summed E-state index contributed by atoms with van der Waals surface area (Å²) in [5, 5.41) is 22.8. The highest BCUT2D eigenvalue weighted by Gasteiger charge is 2.36. The highest BCUT2D eigenvalue weighted by atomic mass is 32.1. The minimum Gasteiger partial charge on any atom is -0.390 e. The molecule has 3 heterocycles. The summed E-state index contributed by atoms with van der Waals surface area (Å²) < 4.78 is 0. The van der Waals surface area contributed by atoms with Crippen LogP contribution in [0.25, 0.3) is 0 Å². The highest BCUT2D eigenvalue weighted by molar-refractivity contribution is 7.15. The monoisotopic (exact) mass is 353 g/mol. The first kappa shape index (κ1) is 17.7. The molecule has 2 aliphatic heterocycles. The third-order valence-electron chi connectivity index (χ3n) is 4.74. The van der Waals surface area contributed by atoms with Crippen molar-refractivity contribution in [3.63, 3.8) is 0 Å². The van der Waals surface area contributed by atoms with Gasteiger partial charge in [-0.2, -0.15) is 0 Å². The topological polar surface area (TPSA) is 81.6 Å². The number of amides is 1. The average Bonchev–Trinajstić information content (AvgIpc) is 3.15. The van der Waals surface area contributed by atoms with Crippen LogP contribution >= 0.6 is 11.3 Å². The number of hydrogen-bond acceptors (Lipinski definition) is 7. The van der Waals surface area contributed by atoms with E-state index in [-0.39, 0.29) is 18.1 Å². The van der Waals surface area contributed by atoms with Gasteiger partial charge in [0.2, 0.25) is 11.0 Å². The number of carbonyl (C=O) groups excluding carboxylic acids is 1. The lowest BCUT2D eigenvalue weighted by Gasteiger charge is -2.33. The van der Waals surface area contributed by atoms with Gasteiger partial charge < -0.3 is 5.11 Å². The molecule has 8 heteroatoms. The van der Waals surface area contributed by atoms with Crippen LogP contribution in [0.3, 0.4) is 0 Å². The predicted molar refractivity (Wildman–Crippen MR) is 94.2 cm³/mol. The van der Waals surface area contributed by atoms with Crippen molar-refractivity contribution in [2.75, 3.05) is 38.0 Å². The average molecular weight is 353 g/mol. The minimum absolute atomic E-state index is 0.0827. The van der Waals surface area contributed by atoms with E-state index >= 15 is 0 Å². The zero-order valence-electron chi connectivity index (χ0n) is 14.3. The van der Waals surface area contributed by atoms with Crippen molar-refractivity contribution in [3.05, 3.63) is 5.01 Å². The van der Waals surface area contributed by atoms with Gasteiger partial charge >= 0.3 is 0 Å². The number of aliphatic hydroxyl groups excluding tert-OH is 1. The smallest absolute Gasteiger partial charge is 0.240 e. The maximum atomic E-state index is 12.2. The molecule has 0 aliphatic carbocycles. The molecule has 0 spiro atoms. The Morgan fingerprint density at radius 3 is 2.83 bits per heavy atom. The number of hydrogen-bond donors (Lipinski definition) is 2. The zero-order chi connectivity index (χ0) is 16.9. The van der Waals surface area contributed by atoms with Gasteiger partial charge in [0.1, 0.15) is 5.01 Å². The fourth-order valence-corrected chi connectivity index (χ4v) is 4.42. The second-order valence-electron chi connectivity index (χ2n) is 6.72. The minimum atomic E-state index is -0.367. The number of β-amino-alcohol motifs (C(OH)–C–C–N with tert-alkyl or cyclic N) is 1. The van der Waals surface area contributed by atoms with Crippen molar-refractivity contribution >= 4 is 22.4 Å². The summed E-state index contributed by atoms with van der Waals surface area (Å²) in [4.78, 5) is 16.6. The van der Waals surface area contributed by atoms with E-state index in [1.54, 1.807) is 0 Å². The molecular weight excluding hydrogens is 326 g/mol. The van der Waals surface area contributed by atoms with Crippen LogP contribution in [0.1, 0.15) is 37.6 Å². The lowest BCUT2D eigenvalue weighted by atomic mass is 10.1. The highest BCUT2D eigenvalue weighted by Crippen LogP contribution is 2.21. The van der Waals surface area contributed by atoms with Gasteiger partial charge in [0, 0.05) is 25.6 Å². The summed E-state index contributed by atoms with van der Waals surface area (Å²) in [5.74, 6) is -0.0827. The lowest BCUT2D eigenvalue weighted by Crippen LogP contribution is -2.46. The van der Waals surface area contributed by atoms with E-state index in [1.807, 2.05) is 4.90 Å². The van der Waals surface area contributed by atoms with Crippen molar-refractivity contribution in [3.8, 4) is 0 Å². The molecule has 0 unspecified atom stereocenters. The Balaban J connectivity index is 1.47. The molecule has 0 aromatic carbocycles. The summed E-state index contributed by atoms with van der Waals surface area (Å²) in [6.45, 7) is 5.83. The van der Waals surface area contributed by atoms with E-state index in [4.69, 9.17) is 0 Å². The number of aryl methyl sites for hydroxylation is 1. The summed E-state index contributed by atoms with van der Waals surface area (Å²) in [6.07, 6.45) is 5.25. The van der Waals surface area contributed by atoms with E-state index < -0.39 is 0 Å². The standard InChI is InChI=1S/C16H27N5O2S/c1-2-6-15-18-19-16(24-15)17-14(23)11-20-9-12(13(22)10-20)21-7-4-3-5-8-21/h12-13,22H,2-11H2,1H3,(H,17,19,23)/t12-,13-/m0/s1. The molecule has 7 nitrogen and oxygen atoms in total. The molecule has 0 saturated carbocycles. The molecular formula is C16H27N5O2S. The van der Waals surface area contributed by atoms with Crippen molar-refractivity contribution in [1.82, 2.24) is 20.0 Å². The quantitative estimate of drug-likeness (QED) is 0.793. The molecule has 2 saturated heterocycles. The van der Waals surface area contributed by atoms with E-state index in [0.717, 1.165) is 37.5 Å². The number of aliphatic hydroxyl groups is 1. The Morgan fingerprint density at radius 1 is 1.29 bits per heavy atom. The maximum Gasteiger partial charge on any atom is 0.240 e. The SMILES string of the molecule is CCCc1nnc(NC(=O)CN2C[C@H](O)[C@@H](N3CCCCC3)C2)s1. The second-order valence-corrected chi connectivity index (χ2v) is 7.79. The fraction of sp³-hybridized carbons (Fsp3) is 0.812. The van der Waals surface area contributed by atoms with Gasteiger partial charge in [-0.05, 0) is 32.4 Å². The first-order valence-corrected chi connectivity index (χ1v) is 9.74. The van der Waals surface area contributed by atoms with Crippen LogP contribution < -0.4 is 5.32 Å². The lowest BCUT2D eigenvalue weighted by molar-refractivity contribution is -0.117. The van der Waals surface area contributed by atoms with E-state index in [1.165, 1.54) is 30.6 Å². The van der Waals surface area contributed by atoms with Crippen LogP contribution in [0.5, 0.6) is 0 Å². The van der Waals surface area contributed by atoms with Gasteiger partial charge in [0.15, 0.2) is 0 Å². The van der Waals surface area contributed by atoms with Crippen LogP contribution in [-0.4, -0.2) is 75.9 Å². The summed E-state index contributed by atoms with van der Waals surface area (Å²) in [6, 6.07) is 0.163. The molecule has 24 heavy (non-hydrogen) atoms. The largest absolute Gasteiger partial charge is 0.390 e. The molecule has 3 rings (SSSR count). The van der Waals surface area contributed by atoms with Crippen LogP contribution in [-0.2, 0) is 11.2 Å². The number of anilines is 1. The van der Waals surface area contributed by atoms with Crippen molar-refractivity contribution in [1.29, 1.82) is 0 Å². The normalized spacial score (nSPS) is 25.9. The van der Waals surface area contributed by atoms with Crippen molar-refractivity contribution in [2.45, 2.75) is 51.2 Å². The van der Waals surface area contributed by atoms with E-state index in [2.05, 4.69) is 27.3 Å².